The number of amides is 3. The summed E-state index contributed by atoms with van der Waals surface area (Å²) in [6.45, 7) is 1.35. The molecule has 9 heteroatoms. The quantitative estimate of drug-likeness (QED) is 0.523. The Labute approximate surface area is 197 Å². The summed E-state index contributed by atoms with van der Waals surface area (Å²) in [5.41, 5.74) is 1.08. The largest absolute Gasteiger partial charge is 0.375 e. The van der Waals surface area contributed by atoms with Crippen LogP contribution in [0.2, 0.25) is 0 Å². The first kappa shape index (κ1) is 23.0. The lowest BCUT2D eigenvalue weighted by atomic mass is 9.88. The van der Waals surface area contributed by atoms with Crippen LogP contribution in [0.5, 0.6) is 0 Å². The summed E-state index contributed by atoms with van der Waals surface area (Å²) in [4.78, 5) is 50.9. The zero-order chi connectivity index (χ0) is 23.8. The molecule has 0 aromatic heterocycles. The molecule has 4 aliphatic rings. The van der Waals surface area contributed by atoms with Crippen molar-refractivity contribution in [1.82, 2.24) is 10.2 Å². The van der Waals surface area contributed by atoms with Gasteiger partial charge in [-0.15, -0.1) is 0 Å². The molecule has 1 aromatic carbocycles. The lowest BCUT2D eigenvalue weighted by Crippen LogP contribution is -2.52. The van der Waals surface area contributed by atoms with E-state index in [4.69, 9.17) is 4.74 Å². The van der Waals surface area contributed by atoms with Crippen molar-refractivity contribution in [1.29, 1.82) is 0 Å². The number of imide groups is 1. The molecule has 1 N–H and O–H groups in total. The molecule has 1 atom stereocenters. The van der Waals surface area contributed by atoms with E-state index in [9.17, 15) is 19.2 Å². The molecule has 3 heterocycles. The zero-order valence-corrected chi connectivity index (χ0v) is 19.1. The van der Waals surface area contributed by atoms with Crippen molar-refractivity contribution in [3.63, 3.8) is 0 Å². The second kappa shape index (κ2) is 9.44. The van der Waals surface area contributed by atoms with Gasteiger partial charge >= 0.3 is 0 Å². The summed E-state index contributed by atoms with van der Waals surface area (Å²) in [5.74, 6) is -1.46. The Kier molecular flexibility index (Phi) is 6.38. The van der Waals surface area contributed by atoms with Crippen LogP contribution in [0, 0.1) is 11.7 Å². The summed E-state index contributed by atoms with van der Waals surface area (Å²) < 4.78 is 21.8. The Hall–Kier alpha value is -2.81. The Morgan fingerprint density at radius 3 is 2.35 bits per heavy atom. The average molecular weight is 472 g/mol. The second-order valence-corrected chi connectivity index (χ2v) is 9.82. The number of piperidine rings is 2. The van der Waals surface area contributed by atoms with E-state index in [0.717, 1.165) is 44.8 Å². The first-order valence-corrected chi connectivity index (χ1v) is 12.3. The third kappa shape index (κ3) is 4.33. The molecular weight excluding hydrogens is 441 g/mol. The van der Waals surface area contributed by atoms with Crippen LogP contribution in [0.15, 0.2) is 12.1 Å². The van der Waals surface area contributed by atoms with Crippen LogP contribution in [-0.2, 0) is 25.7 Å². The Balaban J connectivity index is 1.21. The summed E-state index contributed by atoms with van der Waals surface area (Å²) in [6, 6.07) is 2.55. The topological polar surface area (TPSA) is 96.0 Å². The van der Waals surface area contributed by atoms with Gasteiger partial charge in [-0.25, -0.2) is 4.39 Å². The fourth-order valence-electron chi connectivity index (χ4n) is 5.70. The Morgan fingerprint density at radius 1 is 0.971 bits per heavy atom. The molecule has 34 heavy (non-hydrogen) atoms. The van der Waals surface area contributed by atoms with Crippen molar-refractivity contribution in [2.24, 2.45) is 5.92 Å². The van der Waals surface area contributed by atoms with Crippen molar-refractivity contribution >= 4 is 29.7 Å². The molecule has 1 saturated carbocycles. The van der Waals surface area contributed by atoms with E-state index in [-0.39, 0.29) is 54.9 Å². The van der Waals surface area contributed by atoms with Crippen LogP contribution in [0.3, 0.4) is 0 Å². The van der Waals surface area contributed by atoms with Crippen LogP contribution in [0.1, 0.15) is 67.3 Å². The van der Waals surface area contributed by atoms with Crippen molar-refractivity contribution in [3.8, 4) is 0 Å². The minimum absolute atomic E-state index is 0.0309. The van der Waals surface area contributed by atoms with E-state index in [0.29, 0.717) is 24.3 Å². The standard InChI is InChI=1S/C25H30FN3O5/c26-23-19-13-29(21-7-8-22(31)27-24(21)32)25(33)18(19)5-6-20(23)28-11-9-17(10-12-28)34-16-3-1-15(14-30)2-4-16/h5-6,14-17,21H,1-4,7-13H2,(H,27,31,32). The van der Waals surface area contributed by atoms with E-state index in [1.54, 1.807) is 12.1 Å². The number of anilines is 1. The fourth-order valence-corrected chi connectivity index (χ4v) is 5.70. The molecule has 8 nitrogen and oxygen atoms in total. The molecule has 3 fully saturated rings. The van der Waals surface area contributed by atoms with Crippen molar-refractivity contribution in [3.05, 3.63) is 29.1 Å². The number of nitrogens with one attached hydrogen (secondary N) is 1. The molecule has 0 bridgehead atoms. The maximum atomic E-state index is 15.5. The number of benzene rings is 1. The smallest absolute Gasteiger partial charge is 0.255 e. The predicted molar refractivity (Wildman–Crippen MR) is 121 cm³/mol. The van der Waals surface area contributed by atoms with Crippen molar-refractivity contribution in [2.75, 3.05) is 18.0 Å². The summed E-state index contributed by atoms with van der Waals surface area (Å²) in [5, 5.41) is 2.27. The van der Waals surface area contributed by atoms with Crippen LogP contribution in [-0.4, -0.2) is 60.2 Å². The van der Waals surface area contributed by atoms with Crippen molar-refractivity contribution in [2.45, 2.75) is 76.2 Å². The molecule has 3 aliphatic heterocycles. The number of nitrogens with zero attached hydrogens (tertiary/aromatic N) is 2. The van der Waals surface area contributed by atoms with Gasteiger partial charge in [-0.2, -0.15) is 0 Å². The summed E-state index contributed by atoms with van der Waals surface area (Å²) in [7, 11) is 0. The van der Waals surface area contributed by atoms with Crippen LogP contribution >= 0.6 is 0 Å². The first-order chi connectivity index (χ1) is 16.4. The molecule has 3 amide bonds. The zero-order valence-electron chi connectivity index (χ0n) is 19.1. The monoisotopic (exact) mass is 471 g/mol. The van der Waals surface area contributed by atoms with E-state index >= 15 is 4.39 Å². The SMILES string of the molecule is O=CC1CCC(OC2CCN(c3ccc4c(c3F)CN(C3CCC(=O)NC3=O)C4=O)CC2)CC1. The molecule has 0 radical (unpaired) electrons. The number of ether oxygens (including phenoxy) is 1. The number of halogens is 1. The molecule has 0 spiro atoms. The van der Waals surface area contributed by atoms with Crippen LogP contribution in [0.4, 0.5) is 10.1 Å². The Bertz CT molecular complexity index is 999. The average Bonchev–Trinajstić information content (AvgIpc) is 3.17. The van der Waals surface area contributed by atoms with Gasteiger partial charge in [-0.1, -0.05) is 0 Å². The number of carbonyl (C=O) groups excluding carboxylic acids is 4. The molecule has 2 saturated heterocycles. The van der Waals surface area contributed by atoms with Gasteiger partial charge in [0.05, 0.1) is 24.4 Å². The maximum Gasteiger partial charge on any atom is 0.255 e. The number of hydrogen-bond donors (Lipinski definition) is 1. The highest BCUT2D eigenvalue weighted by molar-refractivity contribution is 6.05. The lowest BCUT2D eigenvalue weighted by Gasteiger charge is -2.36. The highest BCUT2D eigenvalue weighted by atomic mass is 19.1. The molecule has 5 rings (SSSR count). The van der Waals surface area contributed by atoms with E-state index in [2.05, 4.69) is 5.32 Å². The fraction of sp³-hybridized carbons (Fsp3) is 0.600. The summed E-state index contributed by atoms with van der Waals surface area (Å²) in [6.07, 6.45) is 7.02. The van der Waals surface area contributed by atoms with Crippen LogP contribution < -0.4 is 10.2 Å². The van der Waals surface area contributed by atoms with Gasteiger partial charge in [0.1, 0.15) is 12.3 Å². The summed E-state index contributed by atoms with van der Waals surface area (Å²) >= 11 is 0. The Morgan fingerprint density at radius 2 is 1.68 bits per heavy atom. The lowest BCUT2D eigenvalue weighted by molar-refractivity contribution is -0.137. The minimum Gasteiger partial charge on any atom is -0.375 e. The third-order valence-electron chi connectivity index (χ3n) is 7.71. The van der Waals surface area contributed by atoms with Crippen LogP contribution in [0.25, 0.3) is 0 Å². The highest BCUT2D eigenvalue weighted by Gasteiger charge is 2.41. The van der Waals surface area contributed by atoms with Gasteiger partial charge < -0.3 is 19.3 Å². The highest BCUT2D eigenvalue weighted by Crippen LogP contribution is 2.35. The maximum absolute atomic E-state index is 15.5. The number of rotatable bonds is 5. The second-order valence-electron chi connectivity index (χ2n) is 9.82. The number of aldehydes is 1. The van der Waals surface area contributed by atoms with Gasteiger partial charge in [0.15, 0.2) is 5.82 Å². The first-order valence-electron chi connectivity index (χ1n) is 12.3. The predicted octanol–water partition coefficient (Wildman–Crippen LogP) is 2.33. The normalized spacial score (nSPS) is 28.1. The van der Waals surface area contributed by atoms with Gasteiger partial charge in [0.2, 0.25) is 11.8 Å². The molecule has 1 aliphatic carbocycles. The van der Waals surface area contributed by atoms with Crippen molar-refractivity contribution < 1.29 is 28.3 Å². The van der Waals surface area contributed by atoms with Gasteiger partial charge in [0.25, 0.3) is 5.91 Å². The number of fused-ring (bicyclic) bond motifs is 1. The van der Waals surface area contributed by atoms with Gasteiger partial charge in [0, 0.05) is 36.6 Å². The van der Waals surface area contributed by atoms with E-state index < -0.39 is 17.8 Å². The number of carbonyl (C=O) groups is 4. The van der Waals surface area contributed by atoms with E-state index in [1.165, 1.54) is 4.90 Å². The molecule has 1 aromatic rings. The van der Waals surface area contributed by atoms with E-state index in [1.807, 2.05) is 4.90 Å². The van der Waals surface area contributed by atoms with Gasteiger partial charge in [-0.05, 0) is 57.1 Å². The molecule has 1 unspecified atom stereocenters. The molecular formula is C25H30FN3O5. The number of hydrogen-bond acceptors (Lipinski definition) is 6. The van der Waals surface area contributed by atoms with Gasteiger partial charge in [-0.3, -0.25) is 19.7 Å². The minimum atomic E-state index is -0.755. The third-order valence-corrected chi connectivity index (χ3v) is 7.71. The molecule has 182 valence electrons.